The van der Waals surface area contributed by atoms with Crippen LogP contribution in [0.15, 0.2) is 30.5 Å². The first kappa shape index (κ1) is 13.6. The lowest BCUT2D eigenvalue weighted by Gasteiger charge is -2.16. The van der Waals surface area contributed by atoms with Crippen LogP contribution in [0.2, 0.25) is 0 Å². The van der Waals surface area contributed by atoms with Gasteiger partial charge in [-0.3, -0.25) is 4.79 Å². The van der Waals surface area contributed by atoms with Gasteiger partial charge < -0.3 is 14.6 Å². The SMILES string of the molecule is COCCN(C)C(=O)CCc1c[nH]c2ccccc12. The highest BCUT2D eigenvalue weighted by Gasteiger charge is 2.10. The molecule has 1 aromatic carbocycles. The number of hydrogen-bond donors (Lipinski definition) is 1. The Kier molecular flexibility index (Phi) is 4.58. The second-order valence-electron chi connectivity index (χ2n) is 4.67. The van der Waals surface area contributed by atoms with Crippen molar-refractivity contribution < 1.29 is 9.53 Å². The van der Waals surface area contributed by atoms with E-state index >= 15 is 0 Å². The number of benzene rings is 1. The van der Waals surface area contributed by atoms with Crippen molar-refractivity contribution in [3.05, 3.63) is 36.0 Å². The van der Waals surface area contributed by atoms with Crippen molar-refractivity contribution in [2.24, 2.45) is 0 Å². The first-order valence-corrected chi connectivity index (χ1v) is 6.50. The van der Waals surface area contributed by atoms with Crippen molar-refractivity contribution >= 4 is 16.8 Å². The summed E-state index contributed by atoms with van der Waals surface area (Å²) in [5.74, 6) is 0.155. The number of methoxy groups -OCH3 is 1. The molecule has 102 valence electrons. The third-order valence-electron chi connectivity index (χ3n) is 3.34. The molecule has 0 saturated heterocycles. The number of hydrogen-bond acceptors (Lipinski definition) is 2. The van der Waals surface area contributed by atoms with Gasteiger partial charge in [0, 0.05) is 44.2 Å². The highest BCUT2D eigenvalue weighted by atomic mass is 16.5. The first-order valence-electron chi connectivity index (χ1n) is 6.50. The maximum atomic E-state index is 11.9. The van der Waals surface area contributed by atoms with E-state index in [4.69, 9.17) is 4.74 Å². The predicted molar refractivity (Wildman–Crippen MR) is 76.1 cm³/mol. The van der Waals surface area contributed by atoms with Crippen LogP contribution in [0, 0.1) is 0 Å². The van der Waals surface area contributed by atoms with Gasteiger partial charge in [-0.1, -0.05) is 18.2 Å². The zero-order valence-corrected chi connectivity index (χ0v) is 11.5. The Morgan fingerprint density at radius 1 is 1.37 bits per heavy atom. The van der Waals surface area contributed by atoms with Gasteiger partial charge in [0.2, 0.25) is 5.91 Å². The van der Waals surface area contributed by atoms with Crippen LogP contribution in [-0.2, 0) is 16.0 Å². The van der Waals surface area contributed by atoms with Gasteiger partial charge in [0.05, 0.1) is 6.61 Å². The van der Waals surface area contributed by atoms with Crippen LogP contribution < -0.4 is 0 Å². The number of likely N-dealkylation sites (N-methyl/N-ethyl adjacent to an activating group) is 1. The van der Waals surface area contributed by atoms with E-state index in [0.717, 1.165) is 11.9 Å². The highest BCUT2D eigenvalue weighted by Crippen LogP contribution is 2.19. The Balaban J connectivity index is 1.93. The maximum Gasteiger partial charge on any atom is 0.222 e. The summed E-state index contributed by atoms with van der Waals surface area (Å²) < 4.78 is 4.97. The smallest absolute Gasteiger partial charge is 0.222 e. The van der Waals surface area contributed by atoms with Gasteiger partial charge in [0.15, 0.2) is 0 Å². The molecule has 1 heterocycles. The van der Waals surface area contributed by atoms with Crippen molar-refractivity contribution in [1.29, 1.82) is 0 Å². The van der Waals surface area contributed by atoms with Gasteiger partial charge in [0.25, 0.3) is 0 Å². The number of aryl methyl sites for hydroxylation is 1. The summed E-state index contributed by atoms with van der Waals surface area (Å²) >= 11 is 0. The van der Waals surface area contributed by atoms with Gasteiger partial charge in [-0.2, -0.15) is 0 Å². The fourth-order valence-electron chi connectivity index (χ4n) is 2.12. The second-order valence-corrected chi connectivity index (χ2v) is 4.67. The highest BCUT2D eigenvalue weighted by molar-refractivity contribution is 5.84. The van der Waals surface area contributed by atoms with E-state index in [0.29, 0.717) is 19.6 Å². The van der Waals surface area contributed by atoms with Crippen LogP contribution in [0.3, 0.4) is 0 Å². The third-order valence-corrected chi connectivity index (χ3v) is 3.34. The van der Waals surface area contributed by atoms with Crippen LogP contribution in [0.5, 0.6) is 0 Å². The fraction of sp³-hybridized carbons (Fsp3) is 0.400. The Hall–Kier alpha value is -1.81. The topological polar surface area (TPSA) is 45.3 Å². The van der Waals surface area contributed by atoms with Gasteiger partial charge in [0.1, 0.15) is 0 Å². The van der Waals surface area contributed by atoms with Gasteiger partial charge >= 0.3 is 0 Å². The Labute approximate surface area is 113 Å². The number of nitrogens with one attached hydrogen (secondary N) is 1. The number of rotatable bonds is 6. The predicted octanol–water partition coefficient (Wildman–Crippen LogP) is 2.21. The molecule has 1 aromatic heterocycles. The van der Waals surface area contributed by atoms with Gasteiger partial charge in [-0.05, 0) is 18.1 Å². The van der Waals surface area contributed by atoms with Crippen LogP contribution in [0.1, 0.15) is 12.0 Å². The molecule has 0 fully saturated rings. The van der Waals surface area contributed by atoms with Gasteiger partial charge in [-0.15, -0.1) is 0 Å². The number of ether oxygens (including phenoxy) is 1. The summed E-state index contributed by atoms with van der Waals surface area (Å²) in [6.07, 6.45) is 3.29. The largest absolute Gasteiger partial charge is 0.383 e. The molecule has 2 rings (SSSR count). The number of aromatic nitrogens is 1. The van der Waals surface area contributed by atoms with Gasteiger partial charge in [-0.25, -0.2) is 0 Å². The first-order chi connectivity index (χ1) is 9.22. The monoisotopic (exact) mass is 260 g/mol. The molecule has 2 aromatic rings. The number of para-hydroxylation sites is 1. The van der Waals surface area contributed by atoms with Crippen LogP contribution in [0.4, 0.5) is 0 Å². The normalized spacial score (nSPS) is 10.8. The van der Waals surface area contributed by atoms with E-state index in [1.54, 1.807) is 12.0 Å². The van der Waals surface area contributed by atoms with E-state index in [2.05, 4.69) is 11.1 Å². The summed E-state index contributed by atoms with van der Waals surface area (Å²) in [7, 11) is 3.46. The number of amides is 1. The average molecular weight is 260 g/mol. The molecule has 0 bridgehead atoms. The molecular weight excluding hydrogens is 240 g/mol. The molecule has 19 heavy (non-hydrogen) atoms. The summed E-state index contributed by atoms with van der Waals surface area (Å²) in [4.78, 5) is 16.9. The Morgan fingerprint density at radius 2 is 2.16 bits per heavy atom. The zero-order valence-electron chi connectivity index (χ0n) is 11.5. The van der Waals surface area contributed by atoms with E-state index < -0.39 is 0 Å². The molecule has 4 nitrogen and oxygen atoms in total. The average Bonchev–Trinajstić information content (AvgIpc) is 2.85. The minimum Gasteiger partial charge on any atom is -0.383 e. The lowest BCUT2D eigenvalue weighted by Crippen LogP contribution is -2.30. The van der Waals surface area contributed by atoms with Crippen molar-refractivity contribution in [3.63, 3.8) is 0 Å². The summed E-state index contributed by atoms with van der Waals surface area (Å²) in [5.41, 5.74) is 2.32. The molecule has 4 heteroatoms. The van der Waals surface area contributed by atoms with Crippen molar-refractivity contribution in [2.45, 2.75) is 12.8 Å². The third kappa shape index (κ3) is 3.35. The number of nitrogens with zero attached hydrogens (tertiary/aromatic N) is 1. The quantitative estimate of drug-likeness (QED) is 0.865. The number of fused-ring (bicyclic) bond motifs is 1. The van der Waals surface area contributed by atoms with Crippen LogP contribution in [0.25, 0.3) is 10.9 Å². The zero-order chi connectivity index (χ0) is 13.7. The van der Waals surface area contributed by atoms with E-state index in [1.165, 1.54) is 10.9 Å². The molecule has 0 unspecified atom stereocenters. The molecule has 1 N–H and O–H groups in total. The fourth-order valence-corrected chi connectivity index (χ4v) is 2.12. The number of aromatic amines is 1. The Bertz CT molecular complexity index is 548. The lowest BCUT2D eigenvalue weighted by molar-refractivity contribution is -0.130. The van der Waals surface area contributed by atoms with E-state index in [9.17, 15) is 4.79 Å². The minimum absolute atomic E-state index is 0.155. The minimum atomic E-state index is 0.155. The summed E-state index contributed by atoms with van der Waals surface area (Å²) in [5, 5.41) is 1.20. The summed E-state index contributed by atoms with van der Waals surface area (Å²) in [6.45, 7) is 1.22. The lowest BCUT2D eigenvalue weighted by atomic mass is 10.1. The van der Waals surface area contributed by atoms with Crippen LogP contribution in [-0.4, -0.2) is 43.1 Å². The molecule has 0 atom stereocenters. The van der Waals surface area contributed by atoms with E-state index in [-0.39, 0.29) is 5.91 Å². The molecule has 0 aliphatic rings. The second kappa shape index (κ2) is 6.38. The summed E-state index contributed by atoms with van der Waals surface area (Å²) in [6, 6.07) is 8.16. The standard InChI is InChI=1S/C15H20N2O2/c1-17(9-10-19-2)15(18)8-7-12-11-16-14-6-4-3-5-13(12)14/h3-6,11,16H,7-10H2,1-2H3. The number of carbonyl (C=O) groups is 1. The maximum absolute atomic E-state index is 11.9. The number of H-pyrrole nitrogens is 1. The molecule has 0 aliphatic carbocycles. The molecule has 0 spiro atoms. The Morgan fingerprint density at radius 3 is 2.95 bits per heavy atom. The van der Waals surface area contributed by atoms with Crippen molar-refractivity contribution in [3.8, 4) is 0 Å². The molecule has 1 amide bonds. The molecule has 0 saturated carbocycles. The van der Waals surface area contributed by atoms with Crippen molar-refractivity contribution in [1.82, 2.24) is 9.88 Å². The molecule has 0 aliphatic heterocycles. The van der Waals surface area contributed by atoms with Crippen LogP contribution >= 0.6 is 0 Å². The van der Waals surface area contributed by atoms with E-state index in [1.807, 2.05) is 31.4 Å². The molecule has 0 radical (unpaired) electrons. The molecular formula is C15H20N2O2. The number of carbonyl (C=O) groups excluding carboxylic acids is 1. The van der Waals surface area contributed by atoms with Crippen molar-refractivity contribution in [2.75, 3.05) is 27.3 Å².